The second-order valence-corrected chi connectivity index (χ2v) is 3.55. The summed E-state index contributed by atoms with van der Waals surface area (Å²) in [5.74, 6) is 1.39. The second-order valence-electron chi connectivity index (χ2n) is 3.55. The summed E-state index contributed by atoms with van der Waals surface area (Å²) in [6.45, 7) is 0.658. The molecule has 0 bridgehead atoms. The van der Waals surface area contributed by atoms with E-state index in [0.29, 0.717) is 6.61 Å². The van der Waals surface area contributed by atoms with E-state index in [1.165, 1.54) is 0 Å². The van der Waals surface area contributed by atoms with Crippen molar-refractivity contribution in [1.29, 1.82) is 5.26 Å². The van der Waals surface area contributed by atoms with Crippen molar-refractivity contribution in [2.75, 3.05) is 13.7 Å². The first-order valence-corrected chi connectivity index (χ1v) is 5.06. The van der Waals surface area contributed by atoms with Crippen molar-refractivity contribution in [2.45, 2.75) is 18.8 Å². The summed E-state index contributed by atoms with van der Waals surface area (Å²) in [7, 11) is 1.62. The van der Waals surface area contributed by atoms with Crippen molar-refractivity contribution in [3.63, 3.8) is 0 Å². The van der Waals surface area contributed by atoms with Crippen LogP contribution in [0.1, 0.15) is 24.3 Å². The van der Waals surface area contributed by atoms with Gasteiger partial charge in [0.05, 0.1) is 25.7 Å². The highest BCUT2D eigenvalue weighted by molar-refractivity contribution is 5.50. The standard InChI is InChI=1S/C12H13NO2/c1-14-11-6-2-5-10-9(8-13)4-3-7-15-12(10)11/h2,5-6,9H,3-4,7H2,1H3. The average Bonchev–Trinajstić information content (AvgIpc) is 2.50. The van der Waals surface area contributed by atoms with Crippen LogP contribution < -0.4 is 9.47 Å². The highest BCUT2D eigenvalue weighted by Crippen LogP contribution is 2.39. The van der Waals surface area contributed by atoms with Crippen LogP contribution in [0, 0.1) is 11.3 Å². The number of hydrogen-bond donors (Lipinski definition) is 0. The Balaban J connectivity index is 2.50. The normalized spacial score (nSPS) is 19.3. The van der Waals surface area contributed by atoms with Crippen LogP contribution in [0.15, 0.2) is 18.2 Å². The zero-order chi connectivity index (χ0) is 10.7. The number of hydrogen-bond acceptors (Lipinski definition) is 3. The fraction of sp³-hybridized carbons (Fsp3) is 0.417. The molecule has 0 amide bonds. The number of ether oxygens (including phenoxy) is 2. The Morgan fingerprint density at radius 3 is 3.13 bits per heavy atom. The first-order chi connectivity index (χ1) is 7.36. The predicted octanol–water partition coefficient (Wildman–Crippen LogP) is 2.47. The molecule has 78 valence electrons. The highest BCUT2D eigenvalue weighted by Gasteiger charge is 2.21. The molecule has 0 radical (unpaired) electrons. The SMILES string of the molecule is COc1cccc2c1OCCCC2C#N. The van der Waals surface area contributed by atoms with Gasteiger partial charge in [0.2, 0.25) is 0 Å². The maximum Gasteiger partial charge on any atom is 0.165 e. The molecular weight excluding hydrogens is 190 g/mol. The molecule has 0 aliphatic carbocycles. The Morgan fingerprint density at radius 2 is 2.40 bits per heavy atom. The van der Waals surface area contributed by atoms with Crippen LogP contribution in [-0.2, 0) is 0 Å². The molecule has 1 heterocycles. The van der Waals surface area contributed by atoms with Gasteiger partial charge in [-0.15, -0.1) is 0 Å². The van der Waals surface area contributed by atoms with E-state index in [4.69, 9.17) is 14.7 Å². The first kappa shape index (κ1) is 9.85. The van der Waals surface area contributed by atoms with Crippen LogP contribution in [0.5, 0.6) is 11.5 Å². The van der Waals surface area contributed by atoms with Crippen molar-refractivity contribution >= 4 is 0 Å². The van der Waals surface area contributed by atoms with Crippen LogP contribution in [0.2, 0.25) is 0 Å². The van der Waals surface area contributed by atoms with Crippen molar-refractivity contribution in [3.8, 4) is 17.6 Å². The van der Waals surface area contributed by atoms with Gasteiger partial charge >= 0.3 is 0 Å². The molecule has 0 saturated carbocycles. The van der Waals surface area contributed by atoms with Crippen molar-refractivity contribution in [2.24, 2.45) is 0 Å². The van der Waals surface area contributed by atoms with Crippen LogP contribution in [0.25, 0.3) is 0 Å². The molecule has 3 nitrogen and oxygen atoms in total. The van der Waals surface area contributed by atoms with E-state index in [0.717, 1.165) is 29.9 Å². The predicted molar refractivity (Wildman–Crippen MR) is 56.1 cm³/mol. The number of nitrogens with zero attached hydrogens (tertiary/aromatic N) is 1. The second kappa shape index (κ2) is 4.22. The molecule has 1 unspecified atom stereocenters. The van der Waals surface area contributed by atoms with Gasteiger partial charge in [0, 0.05) is 5.56 Å². The molecule has 1 aliphatic rings. The molecule has 0 aromatic heterocycles. The summed E-state index contributed by atoms with van der Waals surface area (Å²) in [6, 6.07) is 8.02. The Morgan fingerprint density at radius 1 is 1.53 bits per heavy atom. The van der Waals surface area contributed by atoms with Crippen molar-refractivity contribution < 1.29 is 9.47 Å². The molecule has 0 spiro atoms. The minimum absolute atomic E-state index is 0.0717. The smallest absolute Gasteiger partial charge is 0.165 e. The Bertz CT molecular complexity index is 395. The molecule has 15 heavy (non-hydrogen) atoms. The van der Waals surface area contributed by atoms with Crippen LogP contribution >= 0.6 is 0 Å². The third-order valence-electron chi connectivity index (χ3n) is 2.64. The molecule has 2 rings (SSSR count). The van der Waals surface area contributed by atoms with Crippen molar-refractivity contribution in [3.05, 3.63) is 23.8 Å². The Kier molecular flexibility index (Phi) is 2.77. The third kappa shape index (κ3) is 1.75. The number of methoxy groups -OCH3 is 1. The van der Waals surface area contributed by atoms with E-state index in [-0.39, 0.29) is 5.92 Å². The Labute approximate surface area is 89.2 Å². The molecule has 3 heteroatoms. The van der Waals surface area contributed by atoms with E-state index < -0.39 is 0 Å². The lowest BCUT2D eigenvalue weighted by Crippen LogP contribution is -1.98. The molecule has 1 aromatic rings. The van der Waals surface area contributed by atoms with E-state index in [1.54, 1.807) is 7.11 Å². The van der Waals surface area contributed by atoms with Crippen LogP contribution in [0.3, 0.4) is 0 Å². The molecule has 1 atom stereocenters. The van der Waals surface area contributed by atoms with Gasteiger partial charge in [-0.3, -0.25) is 0 Å². The number of nitriles is 1. The zero-order valence-corrected chi connectivity index (χ0v) is 8.69. The average molecular weight is 203 g/mol. The van der Waals surface area contributed by atoms with E-state index in [2.05, 4.69) is 6.07 Å². The maximum absolute atomic E-state index is 9.08. The lowest BCUT2D eigenvalue weighted by Gasteiger charge is -2.13. The molecule has 1 aromatic carbocycles. The topological polar surface area (TPSA) is 42.2 Å². The summed E-state index contributed by atoms with van der Waals surface area (Å²) >= 11 is 0. The van der Waals surface area contributed by atoms with Gasteiger partial charge in [-0.25, -0.2) is 0 Å². The zero-order valence-electron chi connectivity index (χ0n) is 8.69. The van der Waals surface area contributed by atoms with Crippen molar-refractivity contribution in [1.82, 2.24) is 0 Å². The number of fused-ring (bicyclic) bond motifs is 1. The number of benzene rings is 1. The van der Waals surface area contributed by atoms with Gasteiger partial charge in [0.15, 0.2) is 11.5 Å². The fourth-order valence-corrected chi connectivity index (χ4v) is 1.87. The summed E-state index contributed by atoms with van der Waals surface area (Å²) in [6.07, 6.45) is 1.77. The van der Waals surface area contributed by atoms with Gasteiger partial charge in [0.1, 0.15) is 0 Å². The third-order valence-corrected chi connectivity index (χ3v) is 2.64. The molecule has 0 N–H and O–H groups in total. The quantitative estimate of drug-likeness (QED) is 0.704. The first-order valence-electron chi connectivity index (χ1n) is 5.06. The lowest BCUT2D eigenvalue weighted by molar-refractivity contribution is 0.294. The number of para-hydroxylation sites is 1. The molecule has 1 aliphatic heterocycles. The summed E-state index contributed by atoms with van der Waals surface area (Å²) in [5.41, 5.74) is 0.953. The van der Waals surface area contributed by atoms with Gasteiger partial charge < -0.3 is 9.47 Å². The monoisotopic (exact) mass is 203 g/mol. The van der Waals surface area contributed by atoms with Crippen LogP contribution in [-0.4, -0.2) is 13.7 Å². The van der Waals surface area contributed by atoms with Gasteiger partial charge in [-0.05, 0) is 18.9 Å². The summed E-state index contributed by atoms with van der Waals surface area (Å²) in [4.78, 5) is 0. The van der Waals surface area contributed by atoms with Gasteiger partial charge in [0.25, 0.3) is 0 Å². The largest absolute Gasteiger partial charge is 0.493 e. The van der Waals surface area contributed by atoms with Crippen LogP contribution in [0.4, 0.5) is 0 Å². The molecule has 0 saturated heterocycles. The van der Waals surface area contributed by atoms with E-state index >= 15 is 0 Å². The fourth-order valence-electron chi connectivity index (χ4n) is 1.87. The highest BCUT2D eigenvalue weighted by atomic mass is 16.5. The molecular formula is C12H13NO2. The van der Waals surface area contributed by atoms with E-state index in [1.807, 2.05) is 18.2 Å². The minimum Gasteiger partial charge on any atom is -0.493 e. The number of rotatable bonds is 1. The maximum atomic E-state index is 9.08. The molecule has 0 fully saturated rings. The lowest BCUT2D eigenvalue weighted by atomic mass is 9.95. The minimum atomic E-state index is -0.0717. The summed E-state index contributed by atoms with van der Waals surface area (Å²) < 4.78 is 10.9. The Hall–Kier alpha value is -1.69. The van der Waals surface area contributed by atoms with E-state index in [9.17, 15) is 0 Å². The summed E-state index contributed by atoms with van der Waals surface area (Å²) in [5, 5.41) is 9.08. The van der Waals surface area contributed by atoms with Gasteiger partial charge in [-0.1, -0.05) is 12.1 Å². The van der Waals surface area contributed by atoms with Gasteiger partial charge in [-0.2, -0.15) is 5.26 Å².